The summed E-state index contributed by atoms with van der Waals surface area (Å²) in [5.41, 5.74) is -0.500. The van der Waals surface area contributed by atoms with Crippen molar-refractivity contribution >= 4 is 11.6 Å². The Bertz CT molecular complexity index is 659. The van der Waals surface area contributed by atoms with Gasteiger partial charge in [0.1, 0.15) is 16.7 Å². The van der Waals surface area contributed by atoms with Crippen molar-refractivity contribution in [2.24, 2.45) is 0 Å². The van der Waals surface area contributed by atoms with E-state index in [2.05, 4.69) is 9.97 Å². The number of ether oxygens (including phenoxy) is 1. The number of benzene rings is 1. The zero-order valence-corrected chi connectivity index (χ0v) is 12.1. The summed E-state index contributed by atoms with van der Waals surface area (Å²) in [6, 6.07) is 6.75. The van der Waals surface area contributed by atoms with Gasteiger partial charge < -0.3 is 4.74 Å². The molecule has 0 bridgehead atoms. The fourth-order valence-corrected chi connectivity index (χ4v) is 2.22. The van der Waals surface area contributed by atoms with Gasteiger partial charge in [-0.2, -0.15) is 13.2 Å². The molecule has 1 aromatic carbocycles. The molecule has 0 aliphatic rings. The first kappa shape index (κ1) is 15.6. The Morgan fingerprint density at radius 1 is 1.24 bits per heavy atom. The van der Waals surface area contributed by atoms with E-state index in [1.54, 1.807) is 24.3 Å². The third kappa shape index (κ3) is 3.64. The average Bonchev–Trinajstić information content (AvgIpc) is 2.40. The van der Waals surface area contributed by atoms with Crippen molar-refractivity contribution in [1.29, 1.82) is 0 Å². The van der Waals surface area contributed by atoms with Gasteiger partial charge in [-0.3, -0.25) is 0 Å². The van der Waals surface area contributed by atoms with E-state index < -0.39 is 11.9 Å². The van der Waals surface area contributed by atoms with Crippen LogP contribution in [0.4, 0.5) is 13.2 Å². The van der Waals surface area contributed by atoms with Gasteiger partial charge in [-0.15, -0.1) is 0 Å². The minimum absolute atomic E-state index is 0.0123. The molecule has 0 unspecified atom stereocenters. The maximum Gasteiger partial charge on any atom is 0.433 e. The summed E-state index contributed by atoms with van der Waals surface area (Å²) in [5, 5.41) is -0.183. The number of aryl methyl sites for hydroxylation is 1. The number of halogens is 4. The third-order valence-corrected chi connectivity index (χ3v) is 3.16. The van der Waals surface area contributed by atoms with E-state index in [9.17, 15) is 13.2 Å². The number of methoxy groups -OCH3 is 1. The lowest BCUT2D eigenvalue weighted by Crippen LogP contribution is -2.15. The van der Waals surface area contributed by atoms with Gasteiger partial charge >= 0.3 is 6.18 Å². The molecule has 0 N–H and O–H groups in total. The summed E-state index contributed by atoms with van der Waals surface area (Å²) in [4.78, 5) is 7.30. The minimum Gasteiger partial charge on any atom is -0.497 e. The molecule has 7 heteroatoms. The first-order valence-electron chi connectivity index (χ1n) is 6.04. The molecule has 112 valence electrons. The summed E-state index contributed by atoms with van der Waals surface area (Å²) < 4.78 is 44.3. The van der Waals surface area contributed by atoms with Gasteiger partial charge in [0.05, 0.1) is 7.11 Å². The topological polar surface area (TPSA) is 35.0 Å². The van der Waals surface area contributed by atoms with Crippen LogP contribution in [-0.4, -0.2) is 17.1 Å². The van der Waals surface area contributed by atoms with Crippen LogP contribution in [0, 0.1) is 6.92 Å². The summed E-state index contributed by atoms with van der Waals surface area (Å²) in [5.74, 6) is 0.548. The van der Waals surface area contributed by atoms with Gasteiger partial charge in [0.2, 0.25) is 0 Å². The number of nitrogens with zero attached hydrogens (tertiary/aromatic N) is 2. The summed E-state index contributed by atoms with van der Waals surface area (Å²) >= 11 is 5.88. The maximum absolute atomic E-state index is 13.1. The van der Waals surface area contributed by atoms with Crippen molar-refractivity contribution in [1.82, 2.24) is 9.97 Å². The molecular weight excluding hydrogens is 305 g/mol. The first-order chi connectivity index (χ1) is 9.81. The van der Waals surface area contributed by atoms with E-state index >= 15 is 0 Å². The number of alkyl halides is 3. The Balaban J connectivity index is 2.48. The van der Waals surface area contributed by atoms with Crippen LogP contribution >= 0.6 is 11.6 Å². The highest BCUT2D eigenvalue weighted by molar-refractivity contribution is 6.30. The zero-order chi connectivity index (χ0) is 15.6. The molecule has 0 aliphatic heterocycles. The van der Waals surface area contributed by atoms with Gasteiger partial charge in [0.25, 0.3) is 0 Å². The number of rotatable bonds is 3. The molecule has 2 aromatic rings. The first-order valence-corrected chi connectivity index (χ1v) is 6.42. The number of aromatic nitrogens is 2. The van der Waals surface area contributed by atoms with Crippen molar-refractivity contribution in [3.8, 4) is 5.75 Å². The molecule has 21 heavy (non-hydrogen) atoms. The smallest absolute Gasteiger partial charge is 0.433 e. The Morgan fingerprint density at radius 3 is 2.57 bits per heavy atom. The van der Waals surface area contributed by atoms with Crippen molar-refractivity contribution in [3.05, 3.63) is 52.1 Å². The third-order valence-electron chi connectivity index (χ3n) is 2.85. The molecule has 0 atom stereocenters. The molecule has 0 saturated carbocycles. The van der Waals surface area contributed by atoms with Crippen LogP contribution in [0.25, 0.3) is 0 Å². The quantitative estimate of drug-likeness (QED) is 0.801. The largest absolute Gasteiger partial charge is 0.497 e. The molecule has 2 rings (SSSR count). The number of hydrogen-bond acceptors (Lipinski definition) is 3. The lowest BCUT2D eigenvalue weighted by molar-refractivity contribution is -0.141. The SMILES string of the molecule is COc1cccc(Cc2c(Cl)nc(C)nc2C(F)(F)F)c1. The Morgan fingerprint density at radius 2 is 1.95 bits per heavy atom. The fraction of sp³-hybridized carbons (Fsp3) is 0.286. The number of hydrogen-bond donors (Lipinski definition) is 0. The average molecular weight is 317 g/mol. The van der Waals surface area contributed by atoms with Crippen LogP contribution in [0.2, 0.25) is 5.15 Å². The standard InChI is InChI=1S/C14H12ClF3N2O/c1-8-19-12(14(16,17)18)11(13(15)20-8)7-9-4-3-5-10(6-9)21-2/h3-6H,7H2,1-2H3. The predicted octanol–water partition coefficient (Wildman–Crippen LogP) is 4.06. The van der Waals surface area contributed by atoms with E-state index in [0.29, 0.717) is 11.3 Å². The molecular formula is C14H12ClF3N2O. The lowest BCUT2D eigenvalue weighted by atomic mass is 10.0. The fourth-order valence-electron chi connectivity index (χ4n) is 1.94. The highest BCUT2D eigenvalue weighted by Gasteiger charge is 2.37. The molecule has 0 aliphatic carbocycles. The maximum atomic E-state index is 13.1. The van der Waals surface area contributed by atoms with Gasteiger partial charge in [-0.05, 0) is 24.6 Å². The van der Waals surface area contributed by atoms with Gasteiger partial charge in [-0.1, -0.05) is 23.7 Å². The van der Waals surface area contributed by atoms with Crippen molar-refractivity contribution in [2.75, 3.05) is 7.11 Å². The van der Waals surface area contributed by atoms with Crippen molar-refractivity contribution in [2.45, 2.75) is 19.5 Å². The highest BCUT2D eigenvalue weighted by Crippen LogP contribution is 2.34. The van der Waals surface area contributed by atoms with Crippen molar-refractivity contribution < 1.29 is 17.9 Å². The van der Waals surface area contributed by atoms with E-state index in [-0.39, 0.29) is 23.0 Å². The summed E-state index contributed by atoms with van der Waals surface area (Å²) in [6.45, 7) is 1.37. The second kappa shape index (κ2) is 5.89. The molecule has 1 aromatic heterocycles. The Labute approximate surface area is 124 Å². The van der Waals surface area contributed by atoms with E-state index in [1.165, 1.54) is 14.0 Å². The predicted molar refractivity (Wildman–Crippen MR) is 72.6 cm³/mol. The van der Waals surface area contributed by atoms with Gasteiger partial charge in [-0.25, -0.2) is 9.97 Å². The van der Waals surface area contributed by atoms with E-state index in [0.717, 1.165) is 0 Å². The lowest BCUT2D eigenvalue weighted by Gasteiger charge is -2.14. The summed E-state index contributed by atoms with van der Waals surface area (Å²) in [6.07, 6.45) is -4.60. The van der Waals surface area contributed by atoms with Crippen molar-refractivity contribution in [3.63, 3.8) is 0 Å². The minimum atomic E-state index is -4.58. The summed E-state index contributed by atoms with van der Waals surface area (Å²) in [7, 11) is 1.49. The Hall–Kier alpha value is -1.82. The molecule has 1 heterocycles. The van der Waals surface area contributed by atoms with E-state index in [4.69, 9.17) is 16.3 Å². The van der Waals surface area contributed by atoms with Crippen LogP contribution in [0.5, 0.6) is 5.75 Å². The highest BCUT2D eigenvalue weighted by atomic mass is 35.5. The van der Waals surface area contributed by atoms with Crippen LogP contribution < -0.4 is 4.74 Å². The van der Waals surface area contributed by atoms with Crippen LogP contribution in [0.15, 0.2) is 24.3 Å². The van der Waals surface area contributed by atoms with Crippen LogP contribution in [-0.2, 0) is 12.6 Å². The monoisotopic (exact) mass is 316 g/mol. The van der Waals surface area contributed by atoms with Crippen LogP contribution in [0.1, 0.15) is 22.6 Å². The molecule has 0 spiro atoms. The normalized spacial score (nSPS) is 11.5. The molecule has 3 nitrogen and oxygen atoms in total. The Kier molecular flexibility index (Phi) is 4.37. The van der Waals surface area contributed by atoms with E-state index in [1.807, 2.05) is 0 Å². The van der Waals surface area contributed by atoms with Crippen LogP contribution in [0.3, 0.4) is 0 Å². The van der Waals surface area contributed by atoms with Gasteiger partial charge in [0.15, 0.2) is 5.69 Å². The second-order valence-electron chi connectivity index (χ2n) is 4.41. The molecule has 0 radical (unpaired) electrons. The zero-order valence-electron chi connectivity index (χ0n) is 11.3. The molecule has 0 fully saturated rings. The van der Waals surface area contributed by atoms with Gasteiger partial charge in [0, 0.05) is 12.0 Å². The second-order valence-corrected chi connectivity index (χ2v) is 4.77. The molecule has 0 saturated heterocycles. The molecule has 0 amide bonds.